The molecule has 5 rings (SSSR count). The second-order valence-corrected chi connectivity index (χ2v) is 10.9. The third-order valence-electron chi connectivity index (χ3n) is 8.39. The second kappa shape index (κ2) is 11.2. The number of halogens is 3. The molecule has 7 nitrogen and oxygen atoms in total. The largest absolute Gasteiger partial charge is 0.440 e. The van der Waals surface area contributed by atoms with E-state index in [1.165, 1.54) is 12.1 Å². The van der Waals surface area contributed by atoms with Gasteiger partial charge < -0.3 is 15.4 Å². The summed E-state index contributed by atoms with van der Waals surface area (Å²) in [7, 11) is 0. The Bertz CT molecular complexity index is 1160. The maximum absolute atomic E-state index is 12.9. The van der Waals surface area contributed by atoms with Crippen molar-refractivity contribution in [3.63, 3.8) is 0 Å². The lowest BCUT2D eigenvalue weighted by molar-refractivity contribution is -0.137. The molecule has 0 saturated carbocycles. The van der Waals surface area contributed by atoms with Gasteiger partial charge >= 0.3 is 12.3 Å². The van der Waals surface area contributed by atoms with Crippen LogP contribution in [-0.4, -0.2) is 65.7 Å². The van der Waals surface area contributed by atoms with Crippen LogP contribution in [0.3, 0.4) is 0 Å². The molecule has 1 atom stereocenters. The molecule has 2 amide bonds. The number of rotatable bonds is 6. The molecule has 3 aliphatic heterocycles. The van der Waals surface area contributed by atoms with Crippen LogP contribution in [0.25, 0.3) is 0 Å². The van der Waals surface area contributed by atoms with Gasteiger partial charge in [-0.25, -0.2) is 4.79 Å². The molecular formula is C29H35F3N4O3. The van der Waals surface area contributed by atoms with Crippen LogP contribution in [0.15, 0.2) is 48.5 Å². The topological polar surface area (TPSA) is 73.9 Å². The van der Waals surface area contributed by atoms with Crippen LogP contribution >= 0.6 is 0 Å². The Morgan fingerprint density at radius 3 is 2.21 bits per heavy atom. The molecule has 2 aromatic rings. The number of nitrogens with one attached hydrogen (secondary N) is 2. The van der Waals surface area contributed by atoms with Crippen LogP contribution in [0.5, 0.6) is 0 Å². The van der Waals surface area contributed by atoms with E-state index in [1.54, 1.807) is 17.0 Å². The van der Waals surface area contributed by atoms with E-state index >= 15 is 0 Å². The molecule has 2 N–H and O–H groups in total. The van der Waals surface area contributed by atoms with Gasteiger partial charge in [-0.1, -0.05) is 24.3 Å². The van der Waals surface area contributed by atoms with Gasteiger partial charge in [0, 0.05) is 50.6 Å². The maximum atomic E-state index is 12.9. The highest BCUT2D eigenvalue weighted by molar-refractivity contribution is 5.94. The zero-order valence-electron chi connectivity index (χ0n) is 22.1. The van der Waals surface area contributed by atoms with Crippen molar-refractivity contribution in [2.45, 2.75) is 69.6 Å². The van der Waals surface area contributed by atoms with Crippen molar-refractivity contribution in [3.05, 3.63) is 70.8 Å². The van der Waals surface area contributed by atoms with Gasteiger partial charge in [-0.05, 0) is 68.2 Å². The van der Waals surface area contributed by atoms with E-state index in [9.17, 15) is 22.8 Å². The average molecular weight is 545 g/mol. The minimum Gasteiger partial charge on any atom is -0.440 e. The molecule has 3 heterocycles. The summed E-state index contributed by atoms with van der Waals surface area (Å²) in [5.41, 5.74) is 1.12. The Kier molecular flexibility index (Phi) is 7.87. The normalized spacial score (nSPS) is 22.2. The lowest BCUT2D eigenvalue weighted by Gasteiger charge is -2.40. The number of ether oxygens (including phenoxy) is 1. The highest BCUT2D eigenvalue weighted by Gasteiger charge is 2.52. The number of alkyl halides is 3. The number of benzene rings is 2. The number of carbonyl (C=O) groups excluding carboxylic acids is 2. The summed E-state index contributed by atoms with van der Waals surface area (Å²) < 4.78 is 44.5. The molecule has 3 fully saturated rings. The van der Waals surface area contributed by atoms with Crippen LogP contribution in [0.2, 0.25) is 0 Å². The van der Waals surface area contributed by atoms with Crippen LogP contribution in [0.4, 0.5) is 18.0 Å². The minimum atomic E-state index is -4.34. The Morgan fingerprint density at radius 1 is 1.00 bits per heavy atom. The third-order valence-corrected chi connectivity index (χ3v) is 8.39. The molecule has 1 unspecified atom stereocenters. The Labute approximate surface area is 226 Å². The molecule has 3 saturated heterocycles. The number of piperidine rings is 2. The standard InChI is InChI=1S/C29H35F3N4O3/c1-20-28(12-16-35(17-13-28)18-21-4-8-24(9-5-21)29(30,31)32)39-27(38)36(20)19-22-2-6-23(7-3-22)26(37)34-25-10-14-33-15-11-25/h2-9,20,25,33H,10-19H2,1H3,(H,34,37). The summed E-state index contributed by atoms with van der Waals surface area (Å²) in [4.78, 5) is 29.4. The molecule has 210 valence electrons. The summed E-state index contributed by atoms with van der Waals surface area (Å²) in [6.07, 6.45) is -1.51. The first-order valence-electron chi connectivity index (χ1n) is 13.6. The fraction of sp³-hybridized carbons (Fsp3) is 0.517. The van der Waals surface area contributed by atoms with Crippen molar-refractivity contribution in [3.8, 4) is 0 Å². The first-order chi connectivity index (χ1) is 18.6. The molecule has 0 aromatic heterocycles. The van der Waals surface area contributed by atoms with Gasteiger partial charge in [-0.2, -0.15) is 13.2 Å². The molecule has 3 aliphatic rings. The summed E-state index contributed by atoms with van der Waals surface area (Å²) in [6.45, 7) is 6.16. The zero-order chi connectivity index (χ0) is 27.6. The maximum Gasteiger partial charge on any atom is 0.416 e. The molecular weight excluding hydrogens is 509 g/mol. The second-order valence-electron chi connectivity index (χ2n) is 10.9. The number of amides is 2. The van der Waals surface area contributed by atoms with Gasteiger partial charge in [-0.15, -0.1) is 0 Å². The average Bonchev–Trinajstić information content (AvgIpc) is 3.14. The van der Waals surface area contributed by atoms with E-state index in [-0.39, 0.29) is 24.1 Å². The van der Waals surface area contributed by atoms with Crippen molar-refractivity contribution in [2.75, 3.05) is 26.2 Å². The lowest BCUT2D eigenvalue weighted by Crippen LogP contribution is -2.51. The first-order valence-corrected chi connectivity index (χ1v) is 13.6. The Balaban J connectivity index is 1.14. The van der Waals surface area contributed by atoms with E-state index in [0.717, 1.165) is 49.2 Å². The molecule has 39 heavy (non-hydrogen) atoms. The molecule has 2 aromatic carbocycles. The molecule has 0 radical (unpaired) electrons. The quantitative estimate of drug-likeness (QED) is 0.558. The summed E-state index contributed by atoms with van der Waals surface area (Å²) in [5.74, 6) is -0.0793. The van der Waals surface area contributed by atoms with E-state index < -0.39 is 17.3 Å². The van der Waals surface area contributed by atoms with Crippen molar-refractivity contribution < 1.29 is 27.5 Å². The number of hydrogen-bond acceptors (Lipinski definition) is 5. The summed E-state index contributed by atoms with van der Waals surface area (Å²) in [5, 5.41) is 6.38. The summed E-state index contributed by atoms with van der Waals surface area (Å²) in [6, 6.07) is 12.7. The molecule has 0 bridgehead atoms. The molecule has 0 aliphatic carbocycles. The third kappa shape index (κ3) is 6.22. The highest BCUT2D eigenvalue weighted by atomic mass is 19.4. The highest BCUT2D eigenvalue weighted by Crippen LogP contribution is 2.39. The first kappa shape index (κ1) is 27.5. The van der Waals surface area contributed by atoms with Crippen molar-refractivity contribution in [1.29, 1.82) is 0 Å². The minimum absolute atomic E-state index is 0.0793. The smallest absolute Gasteiger partial charge is 0.416 e. The van der Waals surface area contributed by atoms with E-state index in [4.69, 9.17) is 4.74 Å². The van der Waals surface area contributed by atoms with Gasteiger partial charge in [0.15, 0.2) is 0 Å². The van der Waals surface area contributed by atoms with E-state index in [0.29, 0.717) is 44.6 Å². The Morgan fingerprint density at radius 2 is 1.59 bits per heavy atom. The van der Waals surface area contributed by atoms with Crippen LogP contribution in [0.1, 0.15) is 59.7 Å². The van der Waals surface area contributed by atoms with Crippen molar-refractivity contribution >= 4 is 12.0 Å². The summed E-state index contributed by atoms with van der Waals surface area (Å²) >= 11 is 0. The monoisotopic (exact) mass is 544 g/mol. The van der Waals surface area contributed by atoms with Gasteiger partial charge in [0.05, 0.1) is 11.6 Å². The Hall–Kier alpha value is -3.11. The van der Waals surface area contributed by atoms with E-state index in [1.807, 2.05) is 19.1 Å². The molecule has 1 spiro atoms. The van der Waals surface area contributed by atoms with Gasteiger partial charge in [0.25, 0.3) is 5.91 Å². The van der Waals surface area contributed by atoms with Gasteiger partial charge in [0.1, 0.15) is 5.60 Å². The van der Waals surface area contributed by atoms with Crippen LogP contribution < -0.4 is 10.6 Å². The lowest BCUT2D eigenvalue weighted by atomic mass is 9.84. The van der Waals surface area contributed by atoms with Crippen LogP contribution in [-0.2, 0) is 24.0 Å². The fourth-order valence-corrected chi connectivity index (χ4v) is 5.82. The number of hydrogen-bond donors (Lipinski definition) is 2. The molecule has 10 heteroatoms. The number of carbonyl (C=O) groups is 2. The van der Waals surface area contributed by atoms with Crippen LogP contribution in [0, 0.1) is 0 Å². The van der Waals surface area contributed by atoms with Gasteiger partial charge in [0.2, 0.25) is 0 Å². The van der Waals surface area contributed by atoms with Crippen molar-refractivity contribution in [1.82, 2.24) is 20.4 Å². The van der Waals surface area contributed by atoms with Crippen molar-refractivity contribution in [2.24, 2.45) is 0 Å². The van der Waals surface area contributed by atoms with Gasteiger partial charge in [-0.3, -0.25) is 14.6 Å². The predicted molar refractivity (Wildman–Crippen MR) is 140 cm³/mol. The zero-order valence-corrected chi connectivity index (χ0v) is 22.1. The van der Waals surface area contributed by atoms with E-state index in [2.05, 4.69) is 15.5 Å². The predicted octanol–water partition coefficient (Wildman–Crippen LogP) is 4.56. The number of nitrogens with zero attached hydrogens (tertiary/aromatic N) is 2. The SMILES string of the molecule is CC1N(Cc2ccc(C(=O)NC3CCNCC3)cc2)C(=O)OC12CCN(Cc1ccc(C(F)(F)F)cc1)CC2. The number of likely N-dealkylation sites (tertiary alicyclic amines) is 1. The fourth-order valence-electron chi connectivity index (χ4n) is 5.82.